The van der Waals surface area contributed by atoms with Gasteiger partial charge >= 0.3 is 0 Å². The molecule has 1 aliphatic rings. The van der Waals surface area contributed by atoms with Crippen LogP contribution in [0.2, 0.25) is 0 Å². The predicted molar refractivity (Wildman–Crippen MR) is 99.3 cm³/mol. The Labute approximate surface area is 152 Å². The van der Waals surface area contributed by atoms with E-state index in [1.807, 2.05) is 43.5 Å². The average Bonchev–Trinajstić information content (AvgIpc) is 3.16. The number of amides is 1. The van der Waals surface area contributed by atoms with Crippen molar-refractivity contribution < 1.29 is 13.2 Å². The van der Waals surface area contributed by atoms with E-state index >= 15 is 0 Å². The first-order chi connectivity index (χ1) is 12.0. The van der Waals surface area contributed by atoms with Gasteiger partial charge in [0.25, 0.3) is 0 Å². The van der Waals surface area contributed by atoms with Gasteiger partial charge in [-0.25, -0.2) is 13.4 Å². The molecule has 0 bridgehead atoms. The monoisotopic (exact) mass is 379 g/mol. The van der Waals surface area contributed by atoms with E-state index in [-0.39, 0.29) is 29.2 Å². The van der Waals surface area contributed by atoms with E-state index in [1.165, 1.54) is 11.8 Å². The number of thioether (sulfide) groups is 1. The third-order valence-corrected chi connectivity index (χ3v) is 6.89. The zero-order valence-corrected chi connectivity index (χ0v) is 15.6. The summed E-state index contributed by atoms with van der Waals surface area (Å²) in [4.78, 5) is 16.5. The predicted octanol–water partition coefficient (Wildman–Crippen LogP) is 1.97. The molecule has 6 nitrogen and oxygen atoms in total. The van der Waals surface area contributed by atoms with Crippen LogP contribution in [0.1, 0.15) is 13.3 Å². The van der Waals surface area contributed by atoms with E-state index in [2.05, 4.69) is 14.9 Å². The number of nitrogens with one attached hydrogen (secondary N) is 1. The topological polar surface area (TPSA) is 81.1 Å². The summed E-state index contributed by atoms with van der Waals surface area (Å²) in [5.41, 5.74) is 2.11. The molecule has 1 N–H and O–H groups in total. The summed E-state index contributed by atoms with van der Waals surface area (Å²) in [7, 11) is -2.98. The second-order valence-electron chi connectivity index (χ2n) is 5.99. The van der Waals surface area contributed by atoms with Crippen LogP contribution in [0, 0.1) is 0 Å². The SMILES string of the molecule is CCn1c(-c2ccccc2)cnc1SCC(=O)N[C@@H]1CCS(=O)(=O)C1. The molecule has 3 rings (SSSR count). The Morgan fingerprint density at radius 1 is 1.36 bits per heavy atom. The highest BCUT2D eigenvalue weighted by Crippen LogP contribution is 2.26. The zero-order chi connectivity index (χ0) is 17.9. The quantitative estimate of drug-likeness (QED) is 0.776. The minimum absolute atomic E-state index is 0.0468. The molecule has 1 aromatic carbocycles. The second-order valence-corrected chi connectivity index (χ2v) is 9.16. The largest absolute Gasteiger partial charge is 0.352 e. The van der Waals surface area contributed by atoms with E-state index in [1.54, 1.807) is 0 Å². The van der Waals surface area contributed by atoms with Crippen LogP contribution in [0.15, 0.2) is 41.7 Å². The lowest BCUT2D eigenvalue weighted by Crippen LogP contribution is -2.36. The van der Waals surface area contributed by atoms with Crippen LogP contribution in [0.3, 0.4) is 0 Å². The molecule has 1 amide bonds. The Balaban J connectivity index is 1.62. The van der Waals surface area contributed by atoms with Crippen LogP contribution in [0.4, 0.5) is 0 Å². The van der Waals surface area contributed by atoms with Crippen molar-refractivity contribution in [3.05, 3.63) is 36.5 Å². The van der Waals surface area contributed by atoms with Gasteiger partial charge in [0, 0.05) is 12.6 Å². The van der Waals surface area contributed by atoms with Crippen molar-refractivity contribution in [2.75, 3.05) is 17.3 Å². The van der Waals surface area contributed by atoms with Gasteiger partial charge in [-0.3, -0.25) is 4.79 Å². The van der Waals surface area contributed by atoms with Gasteiger partial charge in [-0.2, -0.15) is 0 Å². The Morgan fingerprint density at radius 2 is 2.12 bits per heavy atom. The second kappa shape index (κ2) is 7.61. The molecule has 134 valence electrons. The molecule has 2 heterocycles. The first-order valence-electron chi connectivity index (χ1n) is 8.22. The summed E-state index contributed by atoms with van der Waals surface area (Å²) < 4.78 is 25.0. The average molecular weight is 380 g/mol. The van der Waals surface area contributed by atoms with Crippen LogP contribution in [-0.4, -0.2) is 47.2 Å². The maximum Gasteiger partial charge on any atom is 0.230 e. The lowest BCUT2D eigenvalue weighted by atomic mass is 10.2. The number of rotatable bonds is 6. The zero-order valence-electron chi connectivity index (χ0n) is 14.0. The number of carbonyl (C=O) groups is 1. The van der Waals surface area contributed by atoms with Gasteiger partial charge in [0.15, 0.2) is 15.0 Å². The van der Waals surface area contributed by atoms with Crippen LogP contribution >= 0.6 is 11.8 Å². The van der Waals surface area contributed by atoms with Gasteiger partial charge in [-0.05, 0) is 18.9 Å². The molecular weight excluding hydrogens is 358 g/mol. The van der Waals surface area contributed by atoms with Crippen molar-refractivity contribution in [1.82, 2.24) is 14.9 Å². The van der Waals surface area contributed by atoms with Crippen LogP contribution in [0.25, 0.3) is 11.3 Å². The standard InChI is InChI=1S/C17H21N3O3S2/c1-2-20-15(13-6-4-3-5-7-13)10-18-17(20)24-11-16(21)19-14-8-9-25(22,23)12-14/h3-7,10,14H,2,8-9,11-12H2,1H3,(H,19,21)/t14-/m1/s1. The molecule has 0 spiro atoms. The fraction of sp³-hybridized carbons (Fsp3) is 0.412. The number of carbonyl (C=O) groups excluding carboxylic acids is 1. The van der Waals surface area contributed by atoms with E-state index in [0.717, 1.165) is 23.0 Å². The van der Waals surface area contributed by atoms with Gasteiger partial charge in [-0.1, -0.05) is 42.1 Å². The fourth-order valence-corrected chi connectivity index (χ4v) is 5.45. The molecule has 1 fully saturated rings. The van der Waals surface area contributed by atoms with E-state index in [4.69, 9.17) is 0 Å². The summed E-state index contributed by atoms with van der Waals surface area (Å²) in [6, 6.07) is 9.75. The lowest BCUT2D eigenvalue weighted by Gasteiger charge is -2.11. The summed E-state index contributed by atoms with van der Waals surface area (Å²) >= 11 is 1.37. The van der Waals surface area contributed by atoms with Crippen LogP contribution < -0.4 is 5.32 Å². The van der Waals surface area contributed by atoms with Gasteiger partial charge < -0.3 is 9.88 Å². The first-order valence-corrected chi connectivity index (χ1v) is 11.0. The van der Waals surface area contributed by atoms with Crippen LogP contribution in [-0.2, 0) is 21.2 Å². The summed E-state index contributed by atoms with van der Waals surface area (Å²) in [6.07, 6.45) is 2.32. The molecule has 2 aromatic rings. The summed E-state index contributed by atoms with van der Waals surface area (Å²) in [5.74, 6) is 0.276. The number of imidazole rings is 1. The first kappa shape index (κ1) is 18.0. The number of sulfone groups is 1. The molecule has 1 atom stereocenters. The molecule has 0 aliphatic carbocycles. The van der Waals surface area contributed by atoms with Crippen molar-refractivity contribution in [3.8, 4) is 11.3 Å². The number of hydrogen-bond donors (Lipinski definition) is 1. The highest BCUT2D eigenvalue weighted by molar-refractivity contribution is 7.99. The Morgan fingerprint density at radius 3 is 2.76 bits per heavy atom. The smallest absolute Gasteiger partial charge is 0.230 e. The minimum atomic E-state index is -2.98. The summed E-state index contributed by atoms with van der Waals surface area (Å²) in [5, 5.41) is 3.59. The normalized spacial score (nSPS) is 19.0. The third kappa shape index (κ3) is 4.43. The number of benzene rings is 1. The molecule has 8 heteroatoms. The number of nitrogens with zero attached hydrogens (tertiary/aromatic N) is 2. The molecule has 1 saturated heterocycles. The van der Waals surface area contributed by atoms with Crippen molar-refractivity contribution in [1.29, 1.82) is 0 Å². The highest BCUT2D eigenvalue weighted by atomic mass is 32.2. The Bertz CT molecular complexity index is 847. The van der Waals surface area contributed by atoms with Crippen molar-refractivity contribution in [2.24, 2.45) is 0 Å². The van der Waals surface area contributed by atoms with Gasteiger partial charge in [0.1, 0.15) is 0 Å². The molecule has 0 radical (unpaired) electrons. The summed E-state index contributed by atoms with van der Waals surface area (Å²) in [6.45, 7) is 2.80. The van der Waals surface area contributed by atoms with Gasteiger partial charge in [0.2, 0.25) is 5.91 Å². The van der Waals surface area contributed by atoms with Crippen molar-refractivity contribution in [3.63, 3.8) is 0 Å². The molecular formula is C17H21N3O3S2. The molecule has 1 aliphatic heterocycles. The Kier molecular flexibility index (Phi) is 5.48. The molecule has 1 aromatic heterocycles. The lowest BCUT2D eigenvalue weighted by molar-refractivity contribution is -0.119. The third-order valence-electron chi connectivity index (χ3n) is 4.13. The molecule has 0 unspecified atom stereocenters. The van der Waals surface area contributed by atoms with E-state index in [0.29, 0.717) is 6.42 Å². The van der Waals surface area contributed by atoms with E-state index < -0.39 is 9.84 Å². The fourth-order valence-electron chi connectivity index (χ4n) is 2.93. The van der Waals surface area contributed by atoms with Crippen molar-refractivity contribution in [2.45, 2.75) is 31.1 Å². The van der Waals surface area contributed by atoms with Gasteiger partial charge in [-0.15, -0.1) is 0 Å². The number of aromatic nitrogens is 2. The molecule has 25 heavy (non-hydrogen) atoms. The van der Waals surface area contributed by atoms with Crippen LogP contribution in [0.5, 0.6) is 0 Å². The maximum atomic E-state index is 12.1. The van der Waals surface area contributed by atoms with Crippen molar-refractivity contribution >= 4 is 27.5 Å². The molecule has 0 saturated carbocycles. The minimum Gasteiger partial charge on any atom is -0.352 e. The number of hydrogen-bond acceptors (Lipinski definition) is 5. The van der Waals surface area contributed by atoms with Gasteiger partial charge in [0.05, 0.1) is 29.1 Å². The Hall–Kier alpha value is -1.80. The maximum absolute atomic E-state index is 12.1. The van der Waals surface area contributed by atoms with E-state index in [9.17, 15) is 13.2 Å². The highest BCUT2D eigenvalue weighted by Gasteiger charge is 2.28.